The van der Waals surface area contributed by atoms with Crippen molar-refractivity contribution in [3.63, 3.8) is 0 Å². The number of hydrogen-bond acceptors (Lipinski definition) is 2. The zero-order chi connectivity index (χ0) is 8.60. The summed E-state index contributed by atoms with van der Waals surface area (Å²) in [5.74, 6) is 0.540. The van der Waals surface area contributed by atoms with Crippen LogP contribution < -0.4 is 0 Å². The van der Waals surface area contributed by atoms with Crippen LogP contribution in [0.1, 0.15) is 32.1 Å². The Morgan fingerprint density at radius 2 is 2.17 bits per heavy atom. The van der Waals surface area contributed by atoms with Crippen molar-refractivity contribution in [1.82, 2.24) is 4.90 Å². The van der Waals surface area contributed by atoms with Crippen LogP contribution in [0.25, 0.3) is 0 Å². The highest BCUT2D eigenvalue weighted by Gasteiger charge is 2.43. The van der Waals surface area contributed by atoms with E-state index >= 15 is 0 Å². The monoisotopic (exact) mass is 167 g/mol. The highest BCUT2D eigenvalue weighted by molar-refractivity contribution is 5.86. The third-order valence-electron chi connectivity index (χ3n) is 3.45. The molecule has 0 aromatic rings. The van der Waals surface area contributed by atoms with Gasteiger partial charge in [0.05, 0.1) is 0 Å². The smallest absolute Gasteiger partial charge is 0.140 e. The van der Waals surface area contributed by atoms with Crippen LogP contribution in [-0.4, -0.2) is 30.8 Å². The Morgan fingerprint density at radius 1 is 1.33 bits per heavy atom. The summed E-state index contributed by atoms with van der Waals surface area (Å²) >= 11 is 0. The second kappa shape index (κ2) is 2.84. The fourth-order valence-corrected chi connectivity index (χ4v) is 2.66. The Labute approximate surface area is 73.9 Å². The van der Waals surface area contributed by atoms with Gasteiger partial charge in [-0.3, -0.25) is 4.79 Å². The van der Waals surface area contributed by atoms with Crippen LogP contribution in [0.4, 0.5) is 0 Å². The minimum Gasteiger partial charge on any atom is -0.305 e. The molecule has 2 nitrogen and oxygen atoms in total. The van der Waals surface area contributed by atoms with E-state index in [0.29, 0.717) is 5.78 Å². The average Bonchev–Trinajstić information content (AvgIpc) is 2.41. The lowest BCUT2D eigenvalue weighted by Crippen LogP contribution is -2.36. The fraction of sp³-hybridized carbons (Fsp3) is 0.900. The topological polar surface area (TPSA) is 20.3 Å². The van der Waals surface area contributed by atoms with Gasteiger partial charge in [-0.05, 0) is 32.9 Å². The quantitative estimate of drug-likeness (QED) is 0.544. The van der Waals surface area contributed by atoms with Crippen LogP contribution >= 0.6 is 0 Å². The van der Waals surface area contributed by atoms with Gasteiger partial charge in [0.1, 0.15) is 5.78 Å². The van der Waals surface area contributed by atoms with Gasteiger partial charge in [0.25, 0.3) is 0 Å². The molecular weight excluding hydrogens is 150 g/mol. The number of Topliss-reactive ketones (excluding diaryl/α,β-unsaturated/α-hetero) is 1. The van der Waals surface area contributed by atoms with Gasteiger partial charge in [-0.2, -0.15) is 0 Å². The number of ketones is 1. The van der Waals surface area contributed by atoms with E-state index in [1.165, 1.54) is 6.42 Å². The fourth-order valence-electron chi connectivity index (χ4n) is 2.66. The molecule has 0 radical (unpaired) electrons. The van der Waals surface area contributed by atoms with Crippen LogP contribution in [-0.2, 0) is 4.79 Å². The largest absolute Gasteiger partial charge is 0.305 e. The van der Waals surface area contributed by atoms with E-state index < -0.39 is 0 Å². The van der Waals surface area contributed by atoms with E-state index in [1.807, 2.05) is 0 Å². The SMILES string of the molecule is CN1CCC2(CCCCC2=O)C1. The van der Waals surface area contributed by atoms with Gasteiger partial charge in [0.15, 0.2) is 0 Å². The third-order valence-corrected chi connectivity index (χ3v) is 3.45. The zero-order valence-electron chi connectivity index (χ0n) is 7.81. The molecule has 1 spiro atoms. The van der Waals surface area contributed by atoms with Crippen LogP contribution in [0.2, 0.25) is 0 Å². The van der Waals surface area contributed by atoms with E-state index in [0.717, 1.165) is 38.8 Å². The Morgan fingerprint density at radius 3 is 2.75 bits per heavy atom. The molecule has 0 aromatic heterocycles. The predicted molar refractivity (Wildman–Crippen MR) is 48.0 cm³/mol. The molecule has 1 aliphatic carbocycles. The summed E-state index contributed by atoms with van der Waals surface area (Å²) in [6.07, 6.45) is 5.50. The molecule has 1 heterocycles. The van der Waals surface area contributed by atoms with Crippen molar-refractivity contribution >= 4 is 5.78 Å². The summed E-state index contributed by atoms with van der Waals surface area (Å²) in [5, 5.41) is 0. The van der Waals surface area contributed by atoms with E-state index in [9.17, 15) is 4.79 Å². The molecule has 2 aliphatic rings. The van der Waals surface area contributed by atoms with Crippen LogP contribution in [0.3, 0.4) is 0 Å². The molecule has 68 valence electrons. The van der Waals surface area contributed by atoms with Gasteiger partial charge < -0.3 is 4.90 Å². The maximum absolute atomic E-state index is 11.7. The number of rotatable bonds is 0. The number of nitrogens with zero attached hydrogens (tertiary/aromatic N) is 1. The Balaban J connectivity index is 2.13. The molecule has 1 unspecified atom stereocenters. The maximum atomic E-state index is 11.7. The normalized spacial score (nSPS) is 37.9. The van der Waals surface area contributed by atoms with Gasteiger partial charge in [-0.15, -0.1) is 0 Å². The first-order chi connectivity index (χ1) is 5.73. The Kier molecular flexibility index (Phi) is 1.95. The predicted octanol–water partition coefficient (Wildman–Crippen LogP) is 1.45. The van der Waals surface area contributed by atoms with Crippen molar-refractivity contribution in [1.29, 1.82) is 0 Å². The first kappa shape index (κ1) is 8.24. The van der Waals surface area contributed by atoms with Crippen molar-refractivity contribution in [2.24, 2.45) is 5.41 Å². The molecular formula is C10H17NO. The number of carbonyl (C=O) groups is 1. The molecule has 0 bridgehead atoms. The number of hydrogen-bond donors (Lipinski definition) is 0. The van der Waals surface area contributed by atoms with E-state index in [1.54, 1.807) is 0 Å². The summed E-state index contributed by atoms with van der Waals surface area (Å²) in [5.41, 5.74) is 0.0903. The van der Waals surface area contributed by atoms with Gasteiger partial charge >= 0.3 is 0 Å². The summed E-state index contributed by atoms with van der Waals surface area (Å²) in [6.45, 7) is 2.14. The van der Waals surface area contributed by atoms with Crippen LogP contribution in [0, 0.1) is 5.41 Å². The Bertz CT molecular complexity index is 198. The lowest BCUT2D eigenvalue weighted by molar-refractivity contribution is -0.130. The summed E-state index contributed by atoms with van der Waals surface area (Å²) < 4.78 is 0. The molecule has 1 atom stereocenters. The van der Waals surface area contributed by atoms with Crippen molar-refractivity contribution in [3.8, 4) is 0 Å². The molecule has 0 aromatic carbocycles. The first-order valence-corrected chi connectivity index (χ1v) is 4.95. The van der Waals surface area contributed by atoms with Gasteiger partial charge in [-0.1, -0.05) is 6.42 Å². The molecule has 2 heteroatoms. The maximum Gasteiger partial charge on any atom is 0.140 e. The zero-order valence-corrected chi connectivity index (χ0v) is 7.81. The minimum absolute atomic E-state index is 0.0903. The molecule has 1 saturated carbocycles. The van der Waals surface area contributed by atoms with Crippen molar-refractivity contribution in [2.45, 2.75) is 32.1 Å². The second-order valence-electron chi connectivity index (χ2n) is 4.40. The van der Waals surface area contributed by atoms with Gasteiger partial charge in [0, 0.05) is 18.4 Å². The van der Waals surface area contributed by atoms with Crippen LogP contribution in [0.5, 0.6) is 0 Å². The Hall–Kier alpha value is -0.370. The molecule has 2 fully saturated rings. The van der Waals surface area contributed by atoms with E-state index in [2.05, 4.69) is 11.9 Å². The van der Waals surface area contributed by atoms with Gasteiger partial charge in [0.2, 0.25) is 0 Å². The lowest BCUT2D eigenvalue weighted by atomic mass is 9.72. The average molecular weight is 167 g/mol. The molecule has 0 amide bonds. The standard InChI is InChI=1S/C10H17NO/c1-11-7-6-10(8-11)5-3-2-4-9(10)12/h2-8H2,1H3. The molecule has 2 rings (SSSR count). The van der Waals surface area contributed by atoms with Crippen LogP contribution in [0.15, 0.2) is 0 Å². The number of likely N-dealkylation sites (tertiary alicyclic amines) is 1. The first-order valence-electron chi connectivity index (χ1n) is 4.95. The molecule has 0 N–H and O–H groups in total. The third kappa shape index (κ3) is 1.18. The summed E-state index contributed by atoms with van der Waals surface area (Å²) in [4.78, 5) is 14.0. The summed E-state index contributed by atoms with van der Waals surface area (Å²) in [7, 11) is 2.12. The second-order valence-corrected chi connectivity index (χ2v) is 4.40. The summed E-state index contributed by atoms with van der Waals surface area (Å²) in [6, 6.07) is 0. The van der Waals surface area contributed by atoms with Crippen molar-refractivity contribution in [2.75, 3.05) is 20.1 Å². The van der Waals surface area contributed by atoms with Gasteiger partial charge in [-0.25, -0.2) is 0 Å². The van der Waals surface area contributed by atoms with E-state index in [-0.39, 0.29) is 5.41 Å². The lowest BCUT2D eigenvalue weighted by Gasteiger charge is -2.31. The van der Waals surface area contributed by atoms with E-state index in [4.69, 9.17) is 0 Å². The van der Waals surface area contributed by atoms with Crippen molar-refractivity contribution in [3.05, 3.63) is 0 Å². The van der Waals surface area contributed by atoms with Crippen molar-refractivity contribution < 1.29 is 4.79 Å². The number of carbonyl (C=O) groups excluding carboxylic acids is 1. The minimum atomic E-state index is 0.0903. The highest BCUT2D eigenvalue weighted by Crippen LogP contribution is 2.40. The molecule has 1 aliphatic heterocycles. The molecule has 1 saturated heterocycles. The highest BCUT2D eigenvalue weighted by atomic mass is 16.1. The molecule has 12 heavy (non-hydrogen) atoms.